The van der Waals surface area contributed by atoms with Crippen molar-refractivity contribution in [3.63, 3.8) is 0 Å². The van der Waals surface area contributed by atoms with Gasteiger partial charge in [-0.05, 0) is 62.8 Å². The third-order valence-electron chi connectivity index (χ3n) is 6.79. The fourth-order valence-corrected chi connectivity index (χ4v) is 4.66. The summed E-state index contributed by atoms with van der Waals surface area (Å²) in [5.41, 5.74) is 4.78. The Bertz CT molecular complexity index is 1260. The van der Waals surface area contributed by atoms with Gasteiger partial charge in [-0.1, -0.05) is 18.2 Å². The number of H-pyrrole nitrogens is 1. The lowest BCUT2D eigenvalue weighted by Gasteiger charge is -2.20. The summed E-state index contributed by atoms with van der Waals surface area (Å²) >= 11 is 0. The van der Waals surface area contributed by atoms with Crippen molar-refractivity contribution >= 4 is 34.8 Å². The summed E-state index contributed by atoms with van der Waals surface area (Å²) in [5.74, 6) is 0.00910. The summed E-state index contributed by atoms with van der Waals surface area (Å²) in [6, 6.07) is 13.4. The summed E-state index contributed by atoms with van der Waals surface area (Å²) in [4.78, 5) is 48.2. The number of aromatic nitrogens is 2. The molecule has 0 atom stereocenters. The van der Waals surface area contributed by atoms with Crippen LogP contribution >= 0.6 is 0 Å². The summed E-state index contributed by atoms with van der Waals surface area (Å²) in [5, 5.41) is 3.44. The molecule has 6 rings (SSSR count). The molecule has 1 aromatic carbocycles. The molecule has 0 spiro atoms. The second kappa shape index (κ2) is 8.24. The molecule has 2 heterocycles. The molecule has 0 aliphatic heterocycles. The van der Waals surface area contributed by atoms with Gasteiger partial charge in [0.2, 0.25) is 11.8 Å². The van der Waals surface area contributed by atoms with E-state index in [4.69, 9.17) is 0 Å². The Balaban J connectivity index is 1.44. The normalized spacial score (nSPS) is 17.2. The maximum absolute atomic E-state index is 13.0. The number of rotatable bonds is 6. The van der Waals surface area contributed by atoms with Gasteiger partial charge in [0.05, 0.1) is 16.9 Å². The van der Waals surface area contributed by atoms with E-state index in [1.54, 1.807) is 12.3 Å². The van der Waals surface area contributed by atoms with Crippen LogP contribution in [-0.4, -0.2) is 27.6 Å². The summed E-state index contributed by atoms with van der Waals surface area (Å²) in [7, 11) is 0. The maximum atomic E-state index is 13.0. The Kier molecular flexibility index (Phi) is 5.05. The van der Waals surface area contributed by atoms with E-state index in [9.17, 15) is 14.4 Å². The van der Waals surface area contributed by atoms with Gasteiger partial charge in [0.15, 0.2) is 5.78 Å². The average molecular weight is 455 g/mol. The molecule has 3 aliphatic rings. The van der Waals surface area contributed by atoms with Gasteiger partial charge >= 0.3 is 0 Å². The number of nitrogens with one attached hydrogen (secondary N) is 2. The van der Waals surface area contributed by atoms with Crippen molar-refractivity contribution in [2.75, 3.05) is 10.2 Å². The zero-order valence-electron chi connectivity index (χ0n) is 18.8. The number of aromatic amines is 1. The highest BCUT2D eigenvalue weighted by Crippen LogP contribution is 2.41. The number of amides is 2. The van der Waals surface area contributed by atoms with Gasteiger partial charge in [-0.25, -0.2) is 9.88 Å². The first kappa shape index (κ1) is 20.8. The Hall–Kier alpha value is -3.74. The van der Waals surface area contributed by atoms with Crippen LogP contribution < -0.4 is 10.2 Å². The Morgan fingerprint density at radius 1 is 0.971 bits per heavy atom. The summed E-state index contributed by atoms with van der Waals surface area (Å²) in [6.45, 7) is 0. The van der Waals surface area contributed by atoms with E-state index in [1.165, 1.54) is 4.90 Å². The van der Waals surface area contributed by atoms with Crippen LogP contribution in [0.5, 0.6) is 0 Å². The van der Waals surface area contributed by atoms with Crippen molar-refractivity contribution in [1.29, 1.82) is 0 Å². The third kappa shape index (κ3) is 3.81. The zero-order chi connectivity index (χ0) is 23.2. The average Bonchev–Trinajstić information content (AvgIpc) is 3.77. The molecule has 3 aliphatic carbocycles. The molecule has 7 heteroatoms. The number of imide groups is 1. The number of nitrogens with zero attached hydrogens (tertiary/aromatic N) is 2. The van der Waals surface area contributed by atoms with Crippen LogP contribution in [0.25, 0.3) is 11.3 Å². The summed E-state index contributed by atoms with van der Waals surface area (Å²) < 4.78 is 0. The largest absolute Gasteiger partial charge is 0.356 e. The first-order chi connectivity index (χ1) is 16.6. The molecule has 0 unspecified atom stereocenters. The number of carbonyl (C=O) groups excluding carboxylic acids is 3. The molecule has 2 saturated carbocycles. The zero-order valence-corrected chi connectivity index (χ0v) is 18.8. The van der Waals surface area contributed by atoms with E-state index in [1.807, 2.05) is 36.4 Å². The fourth-order valence-electron chi connectivity index (χ4n) is 4.66. The number of ketones is 1. The molecule has 7 nitrogen and oxygen atoms in total. The minimum absolute atomic E-state index is 0.0844. The monoisotopic (exact) mass is 454 g/mol. The highest BCUT2D eigenvalue weighted by Gasteiger charge is 2.42. The number of para-hydroxylation sites is 1. The second-order valence-corrected chi connectivity index (χ2v) is 9.46. The molecule has 2 aromatic heterocycles. The smallest absolute Gasteiger partial charge is 0.238 e. The lowest BCUT2D eigenvalue weighted by atomic mass is 9.95. The molecule has 2 N–H and O–H groups in total. The van der Waals surface area contributed by atoms with E-state index in [0.29, 0.717) is 17.8 Å². The standard InChI is InChI=1S/C27H26N4O3/c32-21-8-4-7-20-23(21)25(29-19-5-2-1-3-6-19)24(30-20)18-13-14-28-22(15-18)31(26(33)16-9-10-16)27(34)17-11-12-17/h1-3,5-6,13-17,29-30H,4,7-12H2. The molecular weight excluding hydrogens is 428 g/mol. The van der Waals surface area contributed by atoms with Gasteiger partial charge in [-0.2, -0.15) is 0 Å². The Morgan fingerprint density at radius 2 is 1.68 bits per heavy atom. The topological polar surface area (TPSA) is 95.2 Å². The minimum Gasteiger partial charge on any atom is -0.356 e. The number of hydrogen-bond donors (Lipinski definition) is 2. The lowest BCUT2D eigenvalue weighted by molar-refractivity contribution is -0.127. The van der Waals surface area contributed by atoms with E-state index < -0.39 is 0 Å². The Morgan fingerprint density at radius 3 is 2.35 bits per heavy atom. The number of anilines is 3. The number of Topliss-reactive ketones (excluding diaryl/α,β-unsaturated/α-hetero) is 1. The molecule has 2 fully saturated rings. The van der Waals surface area contributed by atoms with Crippen LogP contribution in [0.15, 0.2) is 48.7 Å². The molecule has 172 valence electrons. The number of pyridine rings is 1. The SMILES string of the molecule is O=C1CCCc2[nH]c(-c3ccnc(N(C(=O)C4CC4)C(=O)C4CC4)c3)c(Nc3ccccc3)c21. The Labute approximate surface area is 197 Å². The van der Waals surface area contributed by atoms with Crippen LogP contribution in [0.4, 0.5) is 17.2 Å². The first-order valence-electron chi connectivity index (χ1n) is 12.0. The molecule has 0 radical (unpaired) electrons. The van der Waals surface area contributed by atoms with Crippen molar-refractivity contribution in [1.82, 2.24) is 9.97 Å². The second-order valence-electron chi connectivity index (χ2n) is 9.46. The predicted octanol–water partition coefficient (Wildman–Crippen LogP) is 5.02. The van der Waals surface area contributed by atoms with Crippen LogP contribution in [-0.2, 0) is 16.0 Å². The molecule has 34 heavy (non-hydrogen) atoms. The van der Waals surface area contributed by atoms with Crippen molar-refractivity contribution in [3.8, 4) is 11.3 Å². The van der Waals surface area contributed by atoms with Gasteiger partial charge in [0.1, 0.15) is 5.82 Å². The van der Waals surface area contributed by atoms with E-state index in [0.717, 1.165) is 66.9 Å². The molecule has 3 aromatic rings. The molecule has 0 bridgehead atoms. The van der Waals surface area contributed by atoms with E-state index >= 15 is 0 Å². The third-order valence-corrected chi connectivity index (χ3v) is 6.79. The highest BCUT2D eigenvalue weighted by molar-refractivity contribution is 6.17. The van der Waals surface area contributed by atoms with Crippen LogP contribution in [0.3, 0.4) is 0 Å². The molecule has 2 amide bonds. The van der Waals surface area contributed by atoms with Gasteiger partial charge < -0.3 is 10.3 Å². The highest BCUT2D eigenvalue weighted by atomic mass is 16.2. The van der Waals surface area contributed by atoms with Crippen molar-refractivity contribution in [3.05, 3.63) is 59.9 Å². The fraction of sp³-hybridized carbons (Fsp3) is 0.333. The van der Waals surface area contributed by atoms with Gasteiger partial charge in [0.25, 0.3) is 0 Å². The number of benzene rings is 1. The number of aryl methyl sites for hydroxylation is 1. The van der Waals surface area contributed by atoms with E-state index in [-0.39, 0.29) is 29.4 Å². The number of fused-ring (bicyclic) bond motifs is 1. The van der Waals surface area contributed by atoms with Crippen LogP contribution in [0, 0.1) is 11.8 Å². The van der Waals surface area contributed by atoms with Crippen molar-refractivity contribution in [2.45, 2.75) is 44.9 Å². The van der Waals surface area contributed by atoms with Crippen LogP contribution in [0.1, 0.15) is 54.6 Å². The maximum Gasteiger partial charge on any atom is 0.238 e. The van der Waals surface area contributed by atoms with Gasteiger partial charge in [-0.3, -0.25) is 14.4 Å². The summed E-state index contributed by atoms with van der Waals surface area (Å²) in [6.07, 6.45) is 7.06. The van der Waals surface area contributed by atoms with Crippen molar-refractivity contribution in [2.24, 2.45) is 11.8 Å². The van der Waals surface area contributed by atoms with Gasteiger partial charge in [-0.15, -0.1) is 0 Å². The van der Waals surface area contributed by atoms with E-state index in [2.05, 4.69) is 15.3 Å². The van der Waals surface area contributed by atoms with Crippen molar-refractivity contribution < 1.29 is 14.4 Å². The molecular formula is C27H26N4O3. The molecule has 0 saturated heterocycles. The first-order valence-corrected chi connectivity index (χ1v) is 12.0. The number of carbonyl (C=O) groups is 3. The predicted molar refractivity (Wildman–Crippen MR) is 129 cm³/mol. The quantitative estimate of drug-likeness (QED) is 0.510. The van der Waals surface area contributed by atoms with Gasteiger partial charge in [0, 0.05) is 41.4 Å². The number of hydrogen-bond acceptors (Lipinski definition) is 5. The van der Waals surface area contributed by atoms with Crippen LogP contribution in [0.2, 0.25) is 0 Å². The minimum atomic E-state index is -0.148. The lowest BCUT2D eigenvalue weighted by Crippen LogP contribution is -2.39.